The lowest BCUT2D eigenvalue weighted by molar-refractivity contribution is -0.126. The smallest absolute Gasteiger partial charge is 0.342 e. The van der Waals surface area contributed by atoms with E-state index in [2.05, 4.69) is 5.10 Å². The summed E-state index contributed by atoms with van der Waals surface area (Å²) in [5.41, 5.74) is 4.58. The lowest BCUT2D eigenvalue weighted by Crippen LogP contribution is -2.42. The Bertz CT molecular complexity index is 1090. The molecule has 0 bridgehead atoms. The summed E-state index contributed by atoms with van der Waals surface area (Å²) in [5.74, 6) is -0.736. The highest BCUT2D eigenvalue weighted by atomic mass is 16.5. The fourth-order valence-corrected chi connectivity index (χ4v) is 4.01. The van der Waals surface area contributed by atoms with Crippen molar-refractivity contribution in [2.75, 3.05) is 11.4 Å². The number of hydrogen-bond acceptors (Lipinski definition) is 4. The predicted octanol–water partition coefficient (Wildman–Crippen LogP) is 4.01. The maximum Gasteiger partial charge on any atom is 0.342 e. The largest absolute Gasteiger partial charge is 0.449 e. The van der Waals surface area contributed by atoms with Crippen molar-refractivity contribution in [3.05, 3.63) is 77.1 Å². The van der Waals surface area contributed by atoms with Crippen LogP contribution in [0.3, 0.4) is 0 Å². The topological polar surface area (TPSA) is 64.4 Å². The zero-order valence-corrected chi connectivity index (χ0v) is 17.5. The number of aryl methyl sites for hydroxylation is 2. The number of esters is 1. The van der Waals surface area contributed by atoms with Crippen molar-refractivity contribution < 1.29 is 14.3 Å². The van der Waals surface area contributed by atoms with Gasteiger partial charge in [-0.1, -0.05) is 36.4 Å². The molecule has 6 heteroatoms. The molecule has 1 amide bonds. The quantitative estimate of drug-likeness (QED) is 0.618. The molecule has 30 heavy (non-hydrogen) atoms. The van der Waals surface area contributed by atoms with Gasteiger partial charge in [0.25, 0.3) is 5.91 Å². The molecule has 154 valence electrons. The number of benzene rings is 2. The lowest BCUT2D eigenvalue weighted by atomic mass is 10.0. The Balaban J connectivity index is 1.54. The Hall–Kier alpha value is -3.41. The van der Waals surface area contributed by atoms with Crippen molar-refractivity contribution in [1.29, 1.82) is 0 Å². The van der Waals surface area contributed by atoms with Crippen LogP contribution in [-0.2, 0) is 16.0 Å². The molecule has 0 saturated heterocycles. The number of para-hydroxylation sites is 2. The van der Waals surface area contributed by atoms with E-state index >= 15 is 0 Å². The van der Waals surface area contributed by atoms with Gasteiger partial charge >= 0.3 is 5.97 Å². The minimum Gasteiger partial charge on any atom is -0.449 e. The maximum absolute atomic E-state index is 13.1. The van der Waals surface area contributed by atoms with Crippen LogP contribution in [0.15, 0.2) is 54.6 Å². The molecule has 2 heterocycles. The molecule has 3 aromatic rings. The first-order valence-electron chi connectivity index (χ1n) is 10.2. The molecule has 0 aliphatic carbocycles. The molecule has 1 atom stereocenters. The summed E-state index contributed by atoms with van der Waals surface area (Å²) in [5, 5.41) is 4.49. The Morgan fingerprint density at radius 2 is 1.73 bits per heavy atom. The van der Waals surface area contributed by atoms with Crippen molar-refractivity contribution >= 4 is 17.6 Å². The molecule has 4 rings (SSSR count). The first-order chi connectivity index (χ1) is 14.5. The number of anilines is 1. The summed E-state index contributed by atoms with van der Waals surface area (Å²) in [6, 6.07) is 17.5. The summed E-state index contributed by atoms with van der Waals surface area (Å²) in [6.07, 6.45) is 0.957. The third kappa shape index (κ3) is 3.61. The highest BCUT2D eigenvalue weighted by Gasteiger charge is 2.30. The monoisotopic (exact) mass is 403 g/mol. The number of ether oxygens (including phenoxy) is 1. The second-order valence-electron chi connectivity index (χ2n) is 7.56. The molecule has 1 aliphatic heterocycles. The number of carbonyl (C=O) groups is 2. The van der Waals surface area contributed by atoms with Crippen molar-refractivity contribution in [2.45, 2.75) is 39.7 Å². The van der Waals surface area contributed by atoms with Gasteiger partial charge in [-0.15, -0.1) is 0 Å². The third-order valence-electron chi connectivity index (χ3n) is 5.50. The van der Waals surface area contributed by atoms with Crippen LogP contribution in [0.2, 0.25) is 0 Å². The molecule has 0 saturated carbocycles. The van der Waals surface area contributed by atoms with E-state index in [4.69, 9.17) is 4.74 Å². The predicted molar refractivity (Wildman–Crippen MR) is 115 cm³/mol. The molecule has 0 unspecified atom stereocenters. The average Bonchev–Trinajstić information content (AvgIpc) is 3.07. The van der Waals surface area contributed by atoms with Crippen LogP contribution < -0.4 is 4.90 Å². The summed E-state index contributed by atoms with van der Waals surface area (Å²) in [7, 11) is 0. The normalized spacial score (nSPS) is 14.2. The molecule has 1 aliphatic rings. The zero-order valence-electron chi connectivity index (χ0n) is 17.5. The number of fused-ring (bicyclic) bond motifs is 1. The van der Waals surface area contributed by atoms with E-state index < -0.39 is 12.1 Å². The maximum atomic E-state index is 13.1. The SMILES string of the molecule is Cc1nn(-c2ccccc2)c(C)c1C(=O)O[C@H](C)C(=O)N1CCCc2ccccc21. The van der Waals surface area contributed by atoms with Crippen LogP contribution in [0.4, 0.5) is 5.69 Å². The van der Waals surface area contributed by atoms with Crippen LogP contribution in [0.5, 0.6) is 0 Å². The fraction of sp³-hybridized carbons (Fsp3) is 0.292. The number of hydrogen-bond donors (Lipinski definition) is 0. The Kier molecular flexibility index (Phi) is 5.40. The lowest BCUT2D eigenvalue weighted by Gasteiger charge is -2.31. The van der Waals surface area contributed by atoms with Crippen LogP contribution in [0.1, 0.15) is 40.7 Å². The van der Waals surface area contributed by atoms with E-state index in [1.54, 1.807) is 23.4 Å². The molecular weight excluding hydrogens is 378 g/mol. The van der Waals surface area contributed by atoms with Crippen LogP contribution in [-0.4, -0.2) is 34.3 Å². The highest BCUT2D eigenvalue weighted by Crippen LogP contribution is 2.28. The van der Waals surface area contributed by atoms with Crippen molar-refractivity contribution in [2.24, 2.45) is 0 Å². The number of nitrogens with zero attached hydrogens (tertiary/aromatic N) is 3. The number of aromatic nitrogens is 2. The van der Waals surface area contributed by atoms with E-state index in [9.17, 15) is 9.59 Å². The van der Waals surface area contributed by atoms with E-state index in [0.717, 1.165) is 29.8 Å². The van der Waals surface area contributed by atoms with Gasteiger partial charge in [0, 0.05) is 12.2 Å². The standard InChI is InChI=1S/C24H25N3O3/c1-16-22(17(2)27(25-16)20-12-5-4-6-13-20)24(29)30-18(3)23(28)26-15-9-11-19-10-7-8-14-21(19)26/h4-8,10,12-14,18H,9,11,15H2,1-3H3/t18-/m1/s1. The number of rotatable bonds is 4. The van der Waals surface area contributed by atoms with E-state index in [1.165, 1.54) is 0 Å². The average molecular weight is 403 g/mol. The molecule has 0 radical (unpaired) electrons. The summed E-state index contributed by atoms with van der Waals surface area (Å²) in [4.78, 5) is 27.7. The van der Waals surface area contributed by atoms with Crippen LogP contribution >= 0.6 is 0 Å². The van der Waals surface area contributed by atoms with Crippen molar-refractivity contribution in [3.8, 4) is 5.69 Å². The Morgan fingerprint density at radius 3 is 2.50 bits per heavy atom. The minimum atomic E-state index is -0.887. The van der Waals surface area contributed by atoms with Gasteiger partial charge in [0.05, 0.1) is 17.1 Å². The summed E-state index contributed by atoms with van der Waals surface area (Å²) >= 11 is 0. The van der Waals surface area contributed by atoms with Gasteiger partial charge in [0.15, 0.2) is 6.10 Å². The highest BCUT2D eigenvalue weighted by molar-refractivity contribution is 6.00. The molecule has 0 fully saturated rings. The molecule has 0 spiro atoms. The van der Waals surface area contributed by atoms with Gasteiger partial charge < -0.3 is 9.64 Å². The molecule has 6 nitrogen and oxygen atoms in total. The molecule has 0 N–H and O–H groups in total. The van der Waals surface area contributed by atoms with Gasteiger partial charge in [-0.25, -0.2) is 9.48 Å². The summed E-state index contributed by atoms with van der Waals surface area (Å²) in [6.45, 7) is 5.86. The first kappa shape index (κ1) is 19.9. The van der Waals surface area contributed by atoms with E-state index in [0.29, 0.717) is 23.5 Å². The molecule has 2 aromatic carbocycles. The van der Waals surface area contributed by atoms with Gasteiger partial charge in [-0.2, -0.15) is 5.10 Å². The van der Waals surface area contributed by atoms with Crippen molar-refractivity contribution in [1.82, 2.24) is 9.78 Å². The number of amides is 1. The second kappa shape index (κ2) is 8.14. The van der Waals surface area contributed by atoms with Gasteiger partial charge in [0.2, 0.25) is 0 Å². The first-order valence-corrected chi connectivity index (χ1v) is 10.2. The van der Waals surface area contributed by atoms with E-state index in [-0.39, 0.29) is 5.91 Å². The van der Waals surface area contributed by atoms with Crippen LogP contribution in [0, 0.1) is 13.8 Å². The van der Waals surface area contributed by atoms with Gasteiger partial charge in [-0.3, -0.25) is 4.79 Å². The minimum absolute atomic E-state index is 0.207. The zero-order chi connectivity index (χ0) is 21.3. The summed E-state index contributed by atoms with van der Waals surface area (Å²) < 4.78 is 7.32. The third-order valence-corrected chi connectivity index (χ3v) is 5.50. The van der Waals surface area contributed by atoms with Crippen molar-refractivity contribution in [3.63, 3.8) is 0 Å². The van der Waals surface area contributed by atoms with Crippen LogP contribution in [0.25, 0.3) is 5.69 Å². The second-order valence-corrected chi connectivity index (χ2v) is 7.56. The number of carbonyl (C=O) groups excluding carboxylic acids is 2. The fourth-order valence-electron chi connectivity index (χ4n) is 4.01. The Labute approximate surface area is 176 Å². The Morgan fingerprint density at radius 1 is 1.03 bits per heavy atom. The van der Waals surface area contributed by atoms with Gasteiger partial charge in [0.1, 0.15) is 5.56 Å². The molecular formula is C24H25N3O3. The van der Waals surface area contributed by atoms with E-state index in [1.807, 2.05) is 61.5 Å². The van der Waals surface area contributed by atoms with Gasteiger partial charge in [-0.05, 0) is 57.4 Å². The molecule has 1 aromatic heterocycles.